The number of rotatable bonds is 7. The van der Waals surface area contributed by atoms with Crippen LogP contribution in [-0.2, 0) is 16.8 Å². The van der Waals surface area contributed by atoms with Crippen molar-refractivity contribution in [3.63, 3.8) is 0 Å². The van der Waals surface area contributed by atoms with E-state index >= 15 is 0 Å². The van der Waals surface area contributed by atoms with E-state index in [-0.39, 0.29) is 29.3 Å². The van der Waals surface area contributed by atoms with Crippen molar-refractivity contribution in [2.45, 2.75) is 45.2 Å². The first-order valence-electron chi connectivity index (χ1n) is 13.0. The highest BCUT2D eigenvalue weighted by Gasteiger charge is 2.24. The van der Waals surface area contributed by atoms with Crippen molar-refractivity contribution >= 4 is 28.2 Å². The van der Waals surface area contributed by atoms with Gasteiger partial charge in [0.1, 0.15) is 17.3 Å². The summed E-state index contributed by atoms with van der Waals surface area (Å²) in [5.74, 6) is -0.184. The van der Waals surface area contributed by atoms with Gasteiger partial charge in [0, 0.05) is 48.7 Å². The Balaban J connectivity index is 1.29. The summed E-state index contributed by atoms with van der Waals surface area (Å²) < 4.78 is 22.7. The number of hydrogen-bond donors (Lipinski definition) is 1. The molecule has 9 nitrogen and oxygen atoms in total. The van der Waals surface area contributed by atoms with Crippen LogP contribution in [-0.4, -0.2) is 63.8 Å². The molecule has 0 radical (unpaired) electrons. The van der Waals surface area contributed by atoms with Crippen molar-refractivity contribution < 1.29 is 13.9 Å². The summed E-state index contributed by atoms with van der Waals surface area (Å²) in [5.41, 5.74) is 2.26. The van der Waals surface area contributed by atoms with Gasteiger partial charge in [-0.3, -0.25) is 19.4 Å². The number of carbonyl (C=O) groups is 1. The van der Waals surface area contributed by atoms with Crippen molar-refractivity contribution in [2.75, 3.05) is 37.4 Å². The number of anilines is 2. The zero-order valence-corrected chi connectivity index (χ0v) is 23.0. The number of aromatic nitrogens is 4. The molecule has 204 valence electrons. The van der Waals surface area contributed by atoms with Crippen LogP contribution in [0.15, 0.2) is 55.1 Å². The highest BCUT2D eigenvalue weighted by molar-refractivity contribution is 5.92. The average Bonchev–Trinajstić information content (AvgIpc) is 3.56. The number of pyridine rings is 2. The molecule has 1 N–H and O–H groups in total. The van der Waals surface area contributed by atoms with Crippen molar-refractivity contribution in [1.29, 1.82) is 0 Å². The third kappa shape index (κ3) is 6.01. The second kappa shape index (κ2) is 10.6. The zero-order valence-electron chi connectivity index (χ0n) is 23.0. The summed E-state index contributed by atoms with van der Waals surface area (Å²) in [6.45, 7) is 7.97. The van der Waals surface area contributed by atoms with Gasteiger partial charge < -0.3 is 19.9 Å². The number of nitrogens with one attached hydrogen (secondary N) is 1. The first-order chi connectivity index (χ1) is 18.6. The van der Waals surface area contributed by atoms with E-state index in [4.69, 9.17) is 4.74 Å². The van der Waals surface area contributed by atoms with E-state index in [1.165, 1.54) is 12.3 Å². The molecule has 39 heavy (non-hydrogen) atoms. The summed E-state index contributed by atoms with van der Waals surface area (Å²) in [5, 5.41) is 7.85. The summed E-state index contributed by atoms with van der Waals surface area (Å²) in [6.07, 6.45) is 7.31. The quantitative estimate of drug-likeness (QED) is 0.365. The number of nitrogens with zero attached hydrogens (tertiary/aromatic N) is 6. The molecule has 1 amide bonds. The fourth-order valence-corrected chi connectivity index (χ4v) is 4.67. The lowest BCUT2D eigenvalue weighted by Crippen LogP contribution is -2.31. The maximum Gasteiger partial charge on any atom is 0.230 e. The molecule has 4 heterocycles. The first-order valence-corrected chi connectivity index (χ1v) is 13.0. The third-order valence-electron chi connectivity index (χ3n) is 6.95. The van der Waals surface area contributed by atoms with Gasteiger partial charge >= 0.3 is 0 Å². The second-order valence-electron chi connectivity index (χ2n) is 11.1. The van der Waals surface area contributed by atoms with Gasteiger partial charge in [0.2, 0.25) is 5.91 Å². The van der Waals surface area contributed by atoms with Crippen molar-refractivity contribution in [3.05, 3.63) is 66.6 Å². The topological polar surface area (TPSA) is 88.4 Å². The largest absolute Gasteiger partial charge is 0.455 e. The minimum atomic E-state index is -0.612. The Kier molecular flexibility index (Phi) is 7.22. The lowest BCUT2D eigenvalue weighted by molar-refractivity contribution is -0.115. The molecule has 1 aromatic carbocycles. The van der Waals surface area contributed by atoms with Crippen molar-refractivity contribution in [2.24, 2.45) is 0 Å². The van der Waals surface area contributed by atoms with E-state index in [9.17, 15) is 9.18 Å². The van der Waals surface area contributed by atoms with Crippen LogP contribution in [0.5, 0.6) is 11.5 Å². The molecule has 0 saturated carbocycles. The monoisotopic (exact) mass is 531 g/mol. The predicted molar refractivity (Wildman–Crippen MR) is 150 cm³/mol. The predicted octanol–water partition coefficient (Wildman–Crippen LogP) is 4.83. The molecule has 1 unspecified atom stereocenters. The summed E-state index contributed by atoms with van der Waals surface area (Å²) in [7, 11) is 4.22. The molecule has 0 aliphatic carbocycles. The molecule has 10 heteroatoms. The number of hydrogen-bond acceptors (Lipinski definition) is 7. The highest BCUT2D eigenvalue weighted by Crippen LogP contribution is 2.33. The molecular weight excluding hydrogens is 497 g/mol. The van der Waals surface area contributed by atoms with Crippen LogP contribution in [0.3, 0.4) is 0 Å². The molecule has 1 aliphatic heterocycles. The van der Waals surface area contributed by atoms with E-state index in [1.54, 1.807) is 29.3 Å². The molecule has 1 fully saturated rings. The number of carbonyl (C=O) groups excluding carboxylic acids is 1. The van der Waals surface area contributed by atoms with E-state index in [0.717, 1.165) is 36.1 Å². The Morgan fingerprint density at radius 3 is 2.69 bits per heavy atom. The minimum Gasteiger partial charge on any atom is -0.455 e. The number of benzene rings is 1. The molecule has 3 aromatic heterocycles. The van der Waals surface area contributed by atoms with Crippen LogP contribution >= 0.6 is 0 Å². The molecule has 1 saturated heterocycles. The molecule has 1 atom stereocenters. The smallest absolute Gasteiger partial charge is 0.230 e. The lowest BCUT2D eigenvalue weighted by atomic mass is 10.1. The van der Waals surface area contributed by atoms with Gasteiger partial charge in [-0.1, -0.05) is 0 Å². The molecule has 0 bridgehead atoms. The fourth-order valence-electron chi connectivity index (χ4n) is 4.67. The van der Waals surface area contributed by atoms with Crippen molar-refractivity contribution in [3.8, 4) is 11.5 Å². The van der Waals surface area contributed by atoms with Gasteiger partial charge in [0.25, 0.3) is 0 Å². The fraction of sp³-hybridized carbons (Fsp3) is 0.379. The number of likely N-dealkylation sites (N-methyl/N-ethyl adjacent to an activating group) is 1. The van der Waals surface area contributed by atoms with Crippen LogP contribution in [0.2, 0.25) is 0 Å². The number of ether oxygens (including phenoxy) is 1. The van der Waals surface area contributed by atoms with Crippen LogP contribution in [0.25, 0.3) is 10.9 Å². The second-order valence-corrected chi connectivity index (χ2v) is 11.1. The van der Waals surface area contributed by atoms with E-state index < -0.39 is 5.82 Å². The summed E-state index contributed by atoms with van der Waals surface area (Å²) >= 11 is 0. The number of amides is 1. The number of halogens is 1. The number of fused-ring (bicyclic) bond motifs is 1. The molecule has 1 aliphatic rings. The van der Waals surface area contributed by atoms with Crippen molar-refractivity contribution in [1.82, 2.24) is 24.6 Å². The van der Waals surface area contributed by atoms with Crippen LogP contribution in [0.4, 0.5) is 15.8 Å². The maximum atomic E-state index is 14.9. The minimum absolute atomic E-state index is 0.0365. The van der Waals surface area contributed by atoms with E-state index in [1.807, 2.05) is 26.8 Å². The molecule has 0 spiro atoms. The van der Waals surface area contributed by atoms with Crippen LogP contribution in [0.1, 0.15) is 32.9 Å². The Morgan fingerprint density at radius 2 is 2.00 bits per heavy atom. The van der Waals surface area contributed by atoms with E-state index in [2.05, 4.69) is 56.4 Å². The highest BCUT2D eigenvalue weighted by atomic mass is 19.1. The molecule has 5 rings (SSSR count). The third-order valence-corrected chi connectivity index (χ3v) is 6.95. The van der Waals surface area contributed by atoms with Gasteiger partial charge in [-0.15, -0.1) is 0 Å². The zero-order chi connectivity index (χ0) is 27.7. The van der Waals surface area contributed by atoms with Crippen LogP contribution in [0, 0.1) is 5.82 Å². The van der Waals surface area contributed by atoms with Gasteiger partial charge in [-0.2, -0.15) is 5.10 Å². The Hall–Kier alpha value is -4.05. The Bertz CT molecular complexity index is 1490. The van der Waals surface area contributed by atoms with Gasteiger partial charge in [0.05, 0.1) is 41.3 Å². The SMILES string of the molecule is CN(C)C1CCN(c2ccc3nccc(Oc4cnc(CC(=O)Nc5cnn(C(C)(C)C)c5)c(F)c4)c3c2)C1. The first kappa shape index (κ1) is 26.6. The van der Waals surface area contributed by atoms with E-state index in [0.29, 0.717) is 17.5 Å². The standard InChI is InChI=1S/C29H34FN7O2/c1-29(2,3)37-17-19(15-33-37)34-28(38)14-26-24(30)13-22(16-32-26)39-27-8-10-31-25-7-6-20(12-23(25)27)36-11-9-21(18-36)35(4)5/h6-8,10,12-13,15-17,21H,9,11,14,18H2,1-5H3,(H,34,38). The molecular formula is C29H34FN7O2. The normalized spacial score (nSPS) is 15.8. The summed E-state index contributed by atoms with van der Waals surface area (Å²) in [6, 6.07) is 9.65. The van der Waals surface area contributed by atoms with Crippen LogP contribution < -0.4 is 15.0 Å². The van der Waals surface area contributed by atoms with Gasteiger partial charge in [0.15, 0.2) is 0 Å². The Labute approximate surface area is 227 Å². The molecule has 4 aromatic rings. The van der Waals surface area contributed by atoms with Gasteiger partial charge in [-0.05, 0) is 65.6 Å². The average molecular weight is 532 g/mol. The lowest BCUT2D eigenvalue weighted by Gasteiger charge is -2.22. The Morgan fingerprint density at radius 1 is 1.18 bits per heavy atom. The maximum absolute atomic E-state index is 14.9. The van der Waals surface area contributed by atoms with Gasteiger partial charge in [-0.25, -0.2) is 4.39 Å². The summed E-state index contributed by atoms with van der Waals surface area (Å²) in [4.78, 5) is 25.8.